The third kappa shape index (κ3) is 6.12. The van der Waals surface area contributed by atoms with Crippen molar-refractivity contribution < 1.29 is 9.53 Å². The summed E-state index contributed by atoms with van der Waals surface area (Å²) in [4.78, 5) is 11.7. The van der Waals surface area contributed by atoms with Crippen molar-refractivity contribution in [1.82, 2.24) is 14.8 Å². The van der Waals surface area contributed by atoms with E-state index in [1.807, 2.05) is 36.4 Å². The van der Waals surface area contributed by atoms with Gasteiger partial charge in [-0.05, 0) is 41.7 Å². The second kappa shape index (κ2) is 11.6. The molecule has 0 saturated carbocycles. The number of carbonyl (C=O) groups excluding carboxylic acids is 1. The van der Waals surface area contributed by atoms with Crippen LogP contribution in [0.25, 0.3) is 0 Å². The number of aryl methyl sites for hydroxylation is 1. The maximum Gasteiger partial charge on any atom is 0.337 e. The fraction of sp³-hybridized carbons (Fsp3) is 0.222. The summed E-state index contributed by atoms with van der Waals surface area (Å²) >= 11 is 1.62. The number of hydrogen-bond donors (Lipinski definition) is 1. The lowest BCUT2D eigenvalue weighted by molar-refractivity contribution is 0.0600. The van der Waals surface area contributed by atoms with Crippen molar-refractivity contribution in [2.45, 2.75) is 36.3 Å². The van der Waals surface area contributed by atoms with Crippen LogP contribution in [0.15, 0.2) is 90.1 Å². The molecule has 4 rings (SSSR count). The zero-order valence-electron chi connectivity index (χ0n) is 19.1. The lowest BCUT2D eigenvalue weighted by Crippen LogP contribution is -2.20. The van der Waals surface area contributed by atoms with Gasteiger partial charge in [0.1, 0.15) is 0 Å². The summed E-state index contributed by atoms with van der Waals surface area (Å²) in [6.45, 7) is 0.748. The first-order valence-electron chi connectivity index (χ1n) is 11.2. The topological polar surface area (TPSA) is 83.0 Å². The molecule has 2 N–H and O–H groups in total. The van der Waals surface area contributed by atoms with E-state index in [1.54, 1.807) is 23.9 Å². The number of rotatable bonds is 10. The van der Waals surface area contributed by atoms with E-state index in [-0.39, 0.29) is 12.0 Å². The van der Waals surface area contributed by atoms with Gasteiger partial charge in [-0.1, -0.05) is 84.6 Å². The first kappa shape index (κ1) is 23.7. The van der Waals surface area contributed by atoms with Crippen molar-refractivity contribution in [3.05, 3.63) is 113 Å². The van der Waals surface area contributed by atoms with Crippen LogP contribution in [0.4, 0.5) is 0 Å². The summed E-state index contributed by atoms with van der Waals surface area (Å²) < 4.78 is 6.92. The summed E-state index contributed by atoms with van der Waals surface area (Å²) in [5, 5.41) is 9.82. The number of esters is 1. The van der Waals surface area contributed by atoms with Gasteiger partial charge in [0.2, 0.25) is 0 Å². The van der Waals surface area contributed by atoms with Gasteiger partial charge in [0, 0.05) is 12.3 Å². The lowest BCUT2D eigenvalue weighted by Gasteiger charge is -2.15. The van der Waals surface area contributed by atoms with Crippen LogP contribution in [-0.4, -0.2) is 27.8 Å². The van der Waals surface area contributed by atoms with E-state index < -0.39 is 0 Å². The molecule has 1 aromatic heterocycles. The number of methoxy groups -OCH3 is 1. The number of carbonyl (C=O) groups is 1. The Kier molecular flexibility index (Phi) is 8.12. The molecule has 0 aliphatic rings. The Morgan fingerprint density at radius 1 is 0.912 bits per heavy atom. The zero-order valence-corrected chi connectivity index (χ0v) is 19.9. The maximum atomic E-state index is 11.7. The van der Waals surface area contributed by atoms with Crippen molar-refractivity contribution in [2.24, 2.45) is 5.73 Å². The monoisotopic (exact) mass is 472 g/mol. The van der Waals surface area contributed by atoms with E-state index in [9.17, 15) is 4.79 Å². The first-order chi connectivity index (χ1) is 16.6. The first-order valence-corrected chi connectivity index (χ1v) is 12.2. The average molecular weight is 473 g/mol. The molecule has 0 spiro atoms. The Hall–Kier alpha value is -3.42. The summed E-state index contributed by atoms with van der Waals surface area (Å²) in [5.41, 5.74) is 10.7. The van der Waals surface area contributed by atoms with Crippen molar-refractivity contribution in [1.29, 1.82) is 0 Å². The van der Waals surface area contributed by atoms with Crippen LogP contribution in [0, 0.1) is 0 Å². The molecule has 4 aromatic rings. The highest BCUT2D eigenvalue weighted by Crippen LogP contribution is 2.25. The SMILES string of the molecule is COC(=O)c1ccc(CSc2nnc([C@@H](N)Cc3ccccc3)n2CCc2ccccc2)cc1. The molecule has 0 bridgehead atoms. The van der Waals surface area contributed by atoms with E-state index in [0.717, 1.165) is 29.5 Å². The van der Waals surface area contributed by atoms with Gasteiger partial charge in [0.25, 0.3) is 0 Å². The molecule has 0 fully saturated rings. The Labute approximate surface area is 204 Å². The lowest BCUT2D eigenvalue weighted by atomic mass is 10.1. The second-order valence-corrected chi connectivity index (χ2v) is 8.94. The molecule has 6 nitrogen and oxygen atoms in total. The van der Waals surface area contributed by atoms with Gasteiger partial charge in [-0.3, -0.25) is 0 Å². The van der Waals surface area contributed by atoms with Crippen LogP contribution < -0.4 is 5.73 Å². The molecule has 0 unspecified atom stereocenters. The molecule has 1 heterocycles. The second-order valence-electron chi connectivity index (χ2n) is 8.00. The standard InChI is InChI=1S/C27H28N4O2S/c1-33-26(32)23-14-12-22(13-15-23)19-34-27-30-29-25(24(28)18-21-10-6-3-7-11-21)31(27)17-16-20-8-4-2-5-9-20/h2-15,24H,16-19,28H2,1H3/t24-/m0/s1. The Morgan fingerprint density at radius 3 is 2.21 bits per heavy atom. The van der Waals surface area contributed by atoms with E-state index in [0.29, 0.717) is 17.7 Å². The van der Waals surface area contributed by atoms with Crippen LogP contribution in [0.1, 0.15) is 38.9 Å². The van der Waals surface area contributed by atoms with Gasteiger partial charge >= 0.3 is 5.97 Å². The maximum absolute atomic E-state index is 11.7. The van der Waals surface area contributed by atoms with Gasteiger partial charge in [0.15, 0.2) is 11.0 Å². The fourth-order valence-corrected chi connectivity index (χ4v) is 4.67. The van der Waals surface area contributed by atoms with Crippen LogP contribution in [0.5, 0.6) is 0 Å². The molecule has 0 radical (unpaired) electrons. The zero-order chi connectivity index (χ0) is 23.8. The third-order valence-corrected chi connectivity index (χ3v) is 6.62. The molecule has 0 aliphatic heterocycles. The number of aromatic nitrogens is 3. The third-order valence-electron chi connectivity index (χ3n) is 5.59. The molecular weight excluding hydrogens is 444 g/mol. The van der Waals surface area contributed by atoms with Gasteiger partial charge in [0.05, 0.1) is 18.7 Å². The van der Waals surface area contributed by atoms with Crippen LogP contribution in [0.2, 0.25) is 0 Å². The summed E-state index contributed by atoms with van der Waals surface area (Å²) in [5.74, 6) is 1.17. The van der Waals surface area contributed by atoms with Crippen molar-refractivity contribution in [2.75, 3.05) is 7.11 Å². The van der Waals surface area contributed by atoms with Gasteiger partial charge < -0.3 is 15.0 Å². The van der Waals surface area contributed by atoms with Crippen molar-refractivity contribution >= 4 is 17.7 Å². The minimum atomic E-state index is -0.336. The number of hydrogen-bond acceptors (Lipinski definition) is 6. The molecule has 1 atom stereocenters. The highest BCUT2D eigenvalue weighted by atomic mass is 32.2. The number of benzene rings is 3. The molecule has 34 heavy (non-hydrogen) atoms. The molecular formula is C27H28N4O2S. The van der Waals surface area contributed by atoms with Crippen molar-refractivity contribution in [3.8, 4) is 0 Å². The number of nitrogens with two attached hydrogens (primary N) is 1. The Bertz CT molecular complexity index is 1190. The van der Waals surface area contributed by atoms with Crippen LogP contribution >= 0.6 is 11.8 Å². The van der Waals surface area contributed by atoms with Crippen LogP contribution in [-0.2, 0) is 29.9 Å². The molecule has 7 heteroatoms. The molecule has 0 amide bonds. The van der Waals surface area contributed by atoms with E-state index in [2.05, 4.69) is 51.2 Å². The van der Waals surface area contributed by atoms with Gasteiger partial charge in [-0.2, -0.15) is 0 Å². The number of thioether (sulfide) groups is 1. The average Bonchev–Trinajstić information content (AvgIpc) is 3.30. The fourth-order valence-electron chi connectivity index (χ4n) is 3.74. The van der Waals surface area contributed by atoms with Crippen molar-refractivity contribution in [3.63, 3.8) is 0 Å². The number of ether oxygens (including phenoxy) is 1. The van der Waals surface area contributed by atoms with E-state index in [1.165, 1.54) is 18.2 Å². The minimum Gasteiger partial charge on any atom is -0.465 e. The Balaban J connectivity index is 1.51. The smallest absolute Gasteiger partial charge is 0.337 e. The van der Waals surface area contributed by atoms with E-state index >= 15 is 0 Å². The summed E-state index contributed by atoms with van der Waals surface area (Å²) in [6, 6.07) is 27.8. The molecule has 3 aromatic carbocycles. The summed E-state index contributed by atoms with van der Waals surface area (Å²) in [6.07, 6.45) is 1.56. The largest absolute Gasteiger partial charge is 0.465 e. The normalized spacial score (nSPS) is 11.8. The van der Waals surface area contributed by atoms with Crippen LogP contribution in [0.3, 0.4) is 0 Å². The quantitative estimate of drug-likeness (QED) is 0.263. The predicted octanol–water partition coefficient (Wildman–Crippen LogP) is 4.84. The van der Waals surface area contributed by atoms with Gasteiger partial charge in [-0.15, -0.1) is 10.2 Å². The number of nitrogens with zero attached hydrogens (tertiary/aromatic N) is 3. The van der Waals surface area contributed by atoms with E-state index in [4.69, 9.17) is 10.5 Å². The van der Waals surface area contributed by atoms with Gasteiger partial charge in [-0.25, -0.2) is 4.79 Å². The molecule has 0 saturated heterocycles. The highest BCUT2D eigenvalue weighted by molar-refractivity contribution is 7.98. The molecule has 0 aliphatic carbocycles. The Morgan fingerprint density at radius 2 is 1.56 bits per heavy atom. The highest BCUT2D eigenvalue weighted by Gasteiger charge is 2.19. The molecule has 174 valence electrons. The summed E-state index contributed by atoms with van der Waals surface area (Å²) in [7, 11) is 1.38. The predicted molar refractivity (Wildman–Crippen MR) is 135 cm³/mol. The minimum absolute atomic E-state index is 0.251.